The van der Waals surface area contributed by atoms with Crippen molar-refractivity contribution in [2.75, 3.05) is 5.32 Å². The van der Waals surface area contributed by atoms with E-state index >= 15 is 0 Å². The van der Waals surface area contributed by atoms with Gasteiger partial charge in [0.05, 0.1) is 16.7 Å². The molecule has 1 aromatic heterocycles. The summed E-state index contributed by atoms with van der Waals surface area (Å²) in [7, 11) is 0. The quantitative estimate of drug-likeness (QED) is 0.634. The van der Waals surface area contributed by atoms with Crippen molar-refractivity contribution < 1.29 is 0 Å². The van der Waals surface area contributed by atoms with Crippen LogP contribution in [0.15, 0.2) is 54.7 Å². The number of nitrogens with zero attached hydrogens (tertiary/aromatic N) is 2. The Morgan fingerprint density at radius 2 is 1.70 bits per heavy atom. The van der Waals surface area contributed by atoms with Crippen LogP contribution in [0.3, 0.4) is 0 Å². The Morgan fingerprint density at radius 1 is 1.00 bits per heavy atom. The minimum absolute atomic E-state index is 0. The van der Waals surface area contributed by atoms with E-state index in [0.717, 1.165) is 16.7 Å². The molecule has 0 bridgehead atoms. The van der Waals surface area contributed by atoms with Crippen LogP contribution < -0.4 is 5.32 Å². The Bertz CT molecular complexity index is 767. The highest BCUT2D eigenvalue weighted by Gasteiger charge is 2.11. The Balaban J connectivity index is 0.000000160. The molecule has 0 saturated heterocycles. The lowest BCUT2D eigenvalue weighted by Crippen LogP contribution is -2.21. The summed E-state index contributed by atoms with van der Waals surface area (Å²) < 4.78 is 0. The monoisotopic (exact) mass is 307 g/mol. The lowest BCUT2D eigenvalue weighted by Gasteiger charge is -2.23. The van der Waals surface area contributed by atoms with E-state index < -0.39 is 0 Å². The molecule has 3 heteroatoms. The van der Waals surface area contributed by atoms with Crippen LogP contribution in [0.5, 0.6) is 0 Å². The molecule has 2 aromatic carbocycles. The van der Waals surface area contributed by atoms with Crippen LogP contribution in [0, 0.1) is 6.92 Å². The molecule has 0 aliphatic carbocycles. The molecule has 0 radical (unpaired) electrons. The maximum absolute atomic E-state index is 4.31. The highest BCUT2D eigenvalue weighted by molar-refractivity contribution is 5.73. The third-order valence-corrected chi connectivity index (χ3v) is 3.83. The smallest absolute Gasteiger partial charge is 0.0889 e. The number of hydrogen-bond acceptors (Lipinski definition) is 3. The van der Waals surface area contributed by atoms with E-state index in [1.807, 2.05) is 31.2 Å². The van der Waals surface area contributed by atoms with Crippen molar-refractivity contribution in [3.05, 3.63) is 66.0 Å². The van der Waals surface area contributed by atoms with E-state index in [-0.39, 0.29) is 7.43 Å². The second kappa shape index (κ2) is 7.73. The number of aryl methyl sites for hydroxylation is 2. The van der Waals surface area contributed by atoms with Crippen LogP contribution in [-0.2, 0) is 6.42 Å². The number of benzene rings is 2. The summed E-state index contributed by atoms with van der Waals surface area (Å²) in [6, 6.07) is 17.1. The van der Waals surface area contributed by atoms with Gasteiger partial charge in [-0.2, -0.15) is 0 Å². The Hall–Kier alpha value is -2.42. The molecule has 2 heterocycles. The van der Waals surface area contributed by atoms with Crippen molar-refractivity contribution in [2.45, 2.75) is 40.2 Å². The molecule has 3 nitrogen and oxygen atoms in total. The molecule has 0 amide bonds. The van der Waals surface area contributed by atoms with Crippen LogP contribution >= 0.6 is 0 Å². The number of rotatable bonds is 0. The molecule has 23 heavy (non-hydrogen) atoms. The normalized spacial score (nSPS) is 15.5. The zero-order chi connectivity index (χ0) is 15.4. The second-order valence-electron chi connectivity index (χ2n) is 5.74. The zero-order valence-electron chi connectivity index (χ0n) is 13.1. The van der Waals surface area contributed by atoms with E-state index in [9.17, 15) is 0 Å². The number of para-hydroxylation sites is 3. The molecule has 3 aromatic rings. The van der Waals surface area contributed by atoms with Crippen molar-refractivity contribution in [1.29, 1.82) is 0 Å². The summed E-state index contributed by atoms with van der Waals surface area (Å²) in [4.78, 5) is 8.53. The molecule has 1 aliphatic rings. The van der Waals surface area contributed by atoms with Gasteiger partial charge in [-0.05, 0) is 50.5 Å². The summed E-state index contributed by atoms with van der Waals surface area (Å²) in [5.41, 5.74) is 5.67. The van der Waals surface area contributed by atoms with E-state index in [1.54, 1.807) is 6.20 Å². The summed E-state index contributed by atoms with van der Waals surface area (Å²) in [6.45, 7) is 4.18. The van der Waals surface area contributed by atoms with Gasteiger partial charge >= 0.3 is 0 Å². The molecule has 0 spiro atoms. The van der Waals surface area contributed by atoms with E-state index in [1.165, 1.54) is 24.1 Å². The molecule has 120 valence electrons. The van der Waals surface area contributed by atoms with Gasteiger partial charge in [0.25, 0.3) is 0 Å². The largest absolute Gasteiger partial charge is 0.382 e. The van der Waals surface area contributed by atoms with E-state index in [2.05, 4.69) is 46.5 Å². The van der Waals surface area contributed by atoms with Gasteiger partial charge < -0.3 is 5.32 Å². The third-order valence-electron chi connectivity index (χ3n) is 3.83. The SMILES string of the molecule is C.CC1CCc2ccccc2N1.Cc1cnc2ccccc2n1. The van der Waals surface area contributed by atoms with Crippen LogP contribution in [0.2, 0.25) is 0 Å². The lowest BCUT2D eigenvalue weighted by molar-refractivity contribution is 0.681. The lowest BCUT2D eigenvalue weighted by atomic mass is 9.99. The number of aromatic nitrogens is 2. The van der Waals surface area contributed by atoms with Gasteiger partial charge in [0.15, 0.2) is 0 Å². The highest BCUT2D eigenvalue weighted by Crippen LogP contribution is 2.23. The fourth-order valence-corrected chi connectivity index (χ4v) is 2.64. The first-order chi connectivity index (χ1) is 10.7. The van der Waals surface area contributed by atoms with Gasteiger partial charge in [0.2, 0.25) is 0 Å². The standard InChI is InChI=1S/C10H13N.C9H8N2.CH4/c1-8-6-7-9-4-2-3-5-10(9)11-8;1-7-6-10-8-4-2-3-5-9(8)11-7;/h2-5,8,11H,6-7H2,1H3;2-6H,1H3;1H4. The summed E-state index contributed by atoms with van der Waals surface area (Å²) in [5, 5.41) is 3.46. The fraction of sp³-hybridized carbons (Fsp3) is 0.300. The van der Waals surface area contributed by atoms with Crippen LogP contribution in [0.1, 0.15) is 32.0 Å². The fourth-order valence-electron chi connectivity index (χ4n) is 2.64. The molecule has 1 unspecified atom stereocenters. The first-order valence-corrected chi connectivity index (χ1v) is 7.75. The molecular weight excluding hydrogens is 282 g/mol. The maximum Gasteiger partial charge on any atom is 0.0889 e. The second-order valence-corrected chi connectivity index (χ2v) is 5.74. The molecule has 0 fully saturated rings. The Labute approximate surface area is 138 Å². The van der Waals surface area contributed by atoms with Gasteiger partial charge in [0.1, 0.15) is 0 Å². The predicted octanol–water partition coefficient (Wildman–Crippen LogP) is 5.01. The topological polar surface area (TPSA) is 37.8 Å². The molecule has 1 N–H and O–H groups in total. The van der Waals surface area contributed by atoms with E-state index in [0.29, 0.717) is 6.04 Å². The van der Waals surface area contributed by atoms with Crippen LogP contribution in [0.25, 0.3) is 11.0 Å². The predicted molar refractivity (Wildman–Crippen MR) is 98.9 cm³/mol. The minimum Gasteiger partial charge on any atom is -0.382 e. The maximum atomic E-state index is 4.31. The molecular formula is C20H25N3. The number of hydrogen-bond donors (Lipinski definition) is 1. The van der Waals surface area contributed by atoms with Gasteiger partial charge in [-0.3, -0.25) is 4.98 Å². The average molecular weight is 307 g/mol. The summed E-state index contributed by atoms with van der Waals surface area (Å²) >= 11 is 0. The summed E-state index contributed by atoms with van der Waals surface area (Å²) in [6.07, 6.45) is 4.27. The molecule has 1 atom stereocenters. The van der Waals surface area contributed by atoms with Gasteiger partial charge in [-0.1, -0.05) is 37.8 Å². The molecule has 0 saturated carbocycles. The average Bonchev–Trinajstić information content (AvgIpc) is 2.55. The first kappa shape index (κ1) is 16.9. The number of anilines is 1. The van der Waals surface area contributed by atoms with Gasteiger partial charge in [-0.15, -0.1) is 0 Å². The van der Waals surface area contributed by atoms with Crippen molar-refractivity contribution in [2.24, 2.45) is 0 Å². The van der Waals surface area contributed by atoms with Crippen LogP contribution in [-0.4, -0.2) is 16.0 Å². The zero-order valence-corrected chi connectivity index (χ0v) is 13.1. The Kier molecular flexibility index (Phi) is 5.69. The van der Waals surface area contributed by atoms with Gasteiger partial charge in [0, 0.05) is 17.9 Å². The Morgan fingerprint density at radius 3 is 2.52 bits per heavy atom. The van der Waals surface area contributed by atoms with Crippen molar-refractivity contribution in [1.82, 2.24) is 9.97 Å². The highest BCUT2D eigenvalue weighted by atomic mass is 14.9. The number of nitrogens with one attached hydrogen (secondary N) is 1. The molecule has 4 rings (SSSR count). The summed E-state index contributed by atoms with van der Waals surface area (Å²) in [5.74, 6) is 0. The van der Waals surface area contributed by atoms with Crippen LogP contribution in [0.4, 0.5) is 5.69 Å². The number of fused-ring (bicyclic) bond motifs is 2. The third kappa shape index (κ3) is 4.28. The van der Waals surface area contributed by atoms with Crippen molar-refractivity contribution in [3.63, 3.8) is 0 Å². The molecule has 1 aliphatic heterocycles. The van der Waals surface area contributed by atoms with Gasteiger partial charge in [-0.25, -0.2) is 4.98 Å². The van der Waals surface area contributed by atoms with Crippen molar-refractivity contribution in [3.8, 4) is 0 Å². The van der Waals surface area contributed by atoms with Crippen molar-refractivity contribution >= 4 is 16.7 Å². The first-order valence-electron chi connectivity index (χ1n) is 7.75. The van der Waals surface area contributed by atoms with E-state index in [4.69, 9.17) is 0 Å². The minimum atomic E-state index is 0.